The van der Waals surface area contributed by atoms with Crippen LogP contribution in [0.25, 0.3) is 0 Å². The zero-order chi connectivity index (χ0) is 15.5. The molecule has 0 bridgehead atoms. The summed E-state index contributed by atoms with van der Waals surface area (Å²) in [6.07, 6.45) is 4.93. The lowest BCUT2D eigenvalue weighted by Gasteiger charge is -2.36. The molecule has 1 aromatic carbocycles. The van der Waals surface area contributed by atoms with Crippen molar-refractivity contribution >= 4 is 26.0 Å². The van der Waals surface area contributed by atoms with Crippen LogP contribution in [0.1, 0.15) is 37.7 Å². The predicted octanol–water partition coefficient (Wildman–Crippen LogP) is 3.38. The molecule has 2 N–H and O–H groups in total. The van der Waals surface area contributed by atoms with Gasteiger partial charge in [-0.25, -0.2) is 13.6 Å². The maximum Gasteiger partial charge on any atom is 0.209 e. The highest BCUT2D eigenvalue weighted by Crippen LogP contribution is 2.38. The van der Waals surface area contributed by atoms with Crippen molar-refractivity contribution in [2.24, 2.45) is 10.6 Å². The van der Waals surface area contributed by atoms with E-state index in [1.807, 2.05) is 25.1 Å². The van der Waals surface area contributed by atoms with Crippen LogP contribution in [0.2, 0.25) is 0 Å². The van der Waals surface area contributed by atoms with Gasteiger partial charge in [-0.05, 0) is 53.4 Å². The Morgan fingerprint density at radius 1 is 1.29 bits per heavy atom. The summed E-state index contributed by atoms with van der Waals surface area (Å²) in [5.74, 6) is 0.753. The number of hydrogen-bond acceptors (Lipinski definition) is 3. The van der Waals surface area contributed by atoms with Crippen LogP contribution in [0, 0.1) is 12.3 Å². The summed E-state index contributed by atoms with van der Waals surface area (Å²) in [6.45, 7) is 2.41. The highest BCUT2D eigenvalue weighted by molar-refractivity contribution is 9.10. The number of ether oxygens (including phenoxy) is 1. The maximum absolute atomic E-state index is 11.5. The van der Waals surface area contributed by atoms with Gasteiger partial charge in [-0.2, -0.15) is 0 Å². The van der Waals surface area contributed by atoms with Crippen LogP contribution in [-0.4, -0.2) is 20.8 Å². The molecule has 0 saturated heterocycles. The van der Waals surface area contributed by atoms with Gasteiger partial charge in [0.1, 0.15) is 5.75 Å². The third-order valence-electron chi connectivity index (χ3n) is 4.04. The molecule has 21 heavy (non-hydrogen) atoms. The molecule has 1 saturated carbocycles. The molecule has 0 amide bonds. The standard InChI is InChI=1S/C15H22BrNO3S/c1-12-5-6-14(13(16)9-12)20-10-15(11-21(17,18)19)7-3-2-4-8-15/h5-6,9H,2-4,7-8,10-11H2,1H3,(H2,17,18,19). The molecule has 0 aliphatic heterocycles. The molecule has 1 aliphatic carbocycles. The molecular weight excluding hydrogens is 354 g/mol. The molecule has 2 rings (SSSR count). The smallest absolute Gasteiger partial charge is 0.209 e. The SMILES string of the molecule is Cc1ccc(OCC2(CS(N)(=O)=O)CCCCC2)c(Br)c1. The minimum Gasteiger partial charge on any atom is -0.492 e. The largest absolute Gasteiger partial charge is 0.492 e. The van der Waals surface area contributed by atoms with Crippen LogP contribution >= 0.6 is 15.9 Å². The Balaban J connectivity index is 2.12. The van der Waals surface area contributed by atoms with Crippen molar-refractivity contribution in [2.75, 3.05) is 12.4 Å². The Bertz CT molecular complexity index is 595. The first-order chi connectivity index (χ1) is 9.80. The van der Waals surface area contributed by atoms with Crippen LogP contribution in [0.3, 0.4) is 0 Å². The predicted molar refractivity (Wildman–Crippen MR) is 87.9 cm³/mol. The summed E-state index contributed by atoms with van der Waals surface area (Å²) in [6, 6.07) is 5.88. The lowest BCUT2D eigenvalue weighted by Crippen LogP contribution is -2.40. The Hall–Kier alpha value is -0.590. The Kier molecular flexibility index (Phi) is 5.33. The number of halogens is 1. The molecule has 0 unspecified atom stereocenters. The van der Waals surface area contributed by atoms with Gasteiger partial charge in [0, 0.05) is 5.41 Å². The molecule has 0 radical (unpaired) electrons. The molecule has 1 aromatic rings. The fourth-order valence-corrected chi connectivity index (χ4v) is 4.85. The van der Waals surface area contributed by atoms with Crippen molar-refractivity contribution < 1.29 is 13.2 Å². The third-order valence-corrected chi connectivity index (χ3v) is 5.68. The first-order valence-corrected chi connectivity index (χ1v) is 9.70. The van der Waals surface area contributed by atoms with Crippen LogP contribution in [0.5, 0.6) is 5.75 Å². The Morgan fingerprint density at radius 3 is 2.52 bits per heavy atom. The monoisotopic (exact) mass is 375 g/mol. The van der Waals surface area contributed by atoms with E-state index in [1.54, 1.807) is 0 Å². The van der Waals surface area contributed by atoms with E-state index < -0.39 is 10.0 Å². The van der Waals surface area contributed by atoms with Crippen LogP contribution in [0.4, 0.5) is 0 Å². The van der Waals surface area contributed by atoms with Crippen LogP contribution < -0.4 is 9.88 Å². The number of benzene rings is 1. The number of rotatable bonds is 5. The summed E-state index contributed by atoms with van der Waals surface area (Å²) in [4.78, 5) is 0. The lowest BCUT2D eigenvalue weighted by atomic mass is 9.76. The van der Waals surface area contributed by atoms with Crippen molar-refractivity contribution in [3.05, 3.63) is 28.2 Å². The van der Waals surface area contributed by atoms with Gasteiger partial charge in [-0.3, -0.25) is 0 Å². The van der Waals surface area contributed by atoms with E-state index in [4.69, 9.17) is 9.88 Å². The van der Waals surface area contributed by atoms with E-state index >= 15 is 0 Å². The molecule has 0 heterocycles. The summed E-state index contributed by atoms with van der Waals surface area (Å²) in [7, 11) is -3.50. The van der Waals surface area contributed by atoms with E-state index in [1.165, 1.54) is 0 Å². The molecule has 4 nitrogen and oxygen atoms in total. The second-order valence-corrected chi connectivity index (χ2v) is 8.56. The van der Waals surface area contributed by atoms with Gasteiger partial charge >= 0.3 is 0 Å². The summed E-state index contributed by atoms with van der Waals surface area (Å²) < 4.78 is 29.9. The lowest BCUT2D eigenvalue weighted by molar-refractivity contribution is 0.118. The van der Waals surface area contributed by atoms with E-state index in [9.17, 15) is 8.42 Å². The van der Waals surface area contributed by atoms with Gasteiger partial charge in [0.05, 0.1) is 16.8 Å². The number of primary sulfonamides is 1. The number of hydrogen-bond donors (Lipinski definition) is 1. The van der Waals surface area contributed by atoms with Gasteiger partial charge in [0.2, 0.25) is 10.0 Å². The van der Waals surface area contributed by atoms with E-state index in [2.05, 4.69) is 15.9 Å². The third kappa shape index (κ3) is 4.97. The quantitative estimate of drug-likeness (QED) is 0.857. The minimum absolute atomic E-state index is 0.00345. The fourth-order valence-electron chi connectivity index (χ4n) is 3.01. The first kappa shape index (κ1) is 16.8. The highest BCUT2D eigenvalue weighted by atomic mass is 79.9. The van der Waals surface area contributed by atoms with Gasteiger partial charge in [0.25, 0.3) is 0 Å². The summed E-state index contributed by atoms with van der Waals surface area (Å²) >= 11 is 3.48. The number of aryl methyl sites for hydroxylation is 1. The number of nitrogens with two attached hydrogens (primary N) is 1. The molecule has 1 fully saturated rings. The van der Waals surface area contributed by atoms with Gasteiger partial charge in [-0.1, -0.05) is 25.3 Å². The Labute approximate surface area is 135 Å². The Morgan fingerprint density at radius 2 is 1.95 bits per heavy atom. The molecule has 1 aliphatic rings. The van der Waals surface area contributed by atoms with E-state index in [-0.39, 0.29) is 11.2 Å². The molecule has 0 spiro atoms. The molecule has 0 aromatic heterocycles. The van der Waals surface area contributed by atoms with Crippen molar-refractivity contribution in [3.8, 4) is 5.75 Å². The zero-order valence-corrected chi connectivity index (χ0v) is 14.7. The van der Waals surface area contributed by atoms with Gasteiger partial charge in [-0.15, -0.1) is 0 Å². The molecule has 0 atom stereocenters. The average molecular weight is 376 g/mol. The average Bonchev–Trinajstić information content (AvgIpc) is 2.37. The highest BCUT2D eigenvalue weighted by Gasteiger charge is 2.36. The van der Waals surface area contributed by atoms with Crippen LogP contribution in [0.15, 0.2) is 22.7 Å². The zero-order valence-electron chi connectivity index (χ0n) is 12.3. The topological polar surface area (TPSA) is 69.4 Å². The first-order valence-electron chi connectivity index (χ1n) is 7.19. The van der Waals surface area contributed by atoms with Gasteiger partial charge < -0.3 is 4.74 Å². The van der Waals surface area contributed by atoms with Crippen molar-refractivity contribution in [2.45, 2.75) is 39.0 Å². The minimum atomic E-state index is -3.50. The second-order valence-electron chi connectivity index (χ2n) is 6.09. The van der Waals surface area contributed by atoms with E-state index in [0.717, 1.165) is 47.9 Å². The van der Waals surface area contributed by atoms with Crippen LogP contribution in [-0.2, 0) is 10.0 Å². The fraction of sp³-hybridized carbons (Fsp3) is 0.600. The molecule has 6 heteroatoms. The second kappa shape index (κ2) is 6.67. The van der Waals surface area contributed by atoms with Crippen molar-refractivity contribution in [1.82, 2.24) is 0 Å². The van der Waals surface area contributed by atoms with E-state index in [0.29, 0.717) is 6.61 Å². The molecule has 118 valence electrons. The summed E-state index contributed by atoms with van der Waals surface area (Å²) in [5.41, 5.74) is 0.794. The maximum atomic E-state index is 11.5. The summed E-state index contributed by atoms with van der Waals surface area (Å²) in [5, 5.41) is 5.28. The normalized spacial score (nSPS) is 18.4. The van der Waals surface area contributed by atoms with Crippen molar-refractivity contribution in [1.29, 1.82) is 0 Å². The van der Waals surface area contributed by atoms with Crippen molar-refractivity contribution in [3.63, 3.8) is 0 Å². The number of sulfonamides is 1. The molecular formula is C15H22BrNO3S. The van der Waals surface area contributed by atoms with Gasteiger partial charge in [0.15, 0.2) is 0 Å².